The maximum absolute atomic E-state index is 3.85. The average molecular weight is 173 g/mol. The molecular formula is C13H17. The summed E-state index contributed by atoms with van der Waals surface area (Å²) in [7, 11) is 0. The first-order valence-electron chi connectivity index (χ1n) is 4.70. The van der Waals surface area contributed by atoms with E-state index >= 15 is 0 Å². The van der Waals surface area contributed by atoms with Crippen LogP contribution in [0.1, 0.15) is 37.8 Å². The highest BCUT2D eigenvalue weighted by Gasteiger charge is 1.96. The summed E-state index contributed by atoms with van der Waals surface area (Å²) in [5, 5.41) is 0. The lowest BCUT2D eigenvalue weighted by molar-refractivity contribution is 0.866. The lowest BCUT2D eigenvalue weighted by atomic mass is 10.0. The van der Waals surface area contributed by atoms with E-state index in [-0.39, 0.29) is 0 Å². The molecule has 0 saturated carbocycles. The van der Waals surface area contributed by atoms with Crippen molar-refractivity contribution in [1.29, 1.82) is 0 Å². The van der Waals surface area contributed by atoms with Crippen LogP contribution in [0, 0.1) is 6.92 Å². The molecule has 0 bridgehead atoms. The van der Waals surface area contributed by atoms with Crippen LogP contribution in [0.25, 0.3) is 6.08 Å². The van der Waals surface area contributed by atoms with Crippen molar-refractivity contribution in [3.05, 3.63) is 47.9 Å². The Balaban J connectivity index is 2.88. The Morgan fingerprint density at radius 2 is 1.77 bits per heavy atom. The maximum Gasteiger partial charge on any atom is -0.0219 e. The predicted octanol–water partition coefficient (Wildman–Crippen LogP) is 4.05. The van der Waals surface area contributed by atoms with Crippen LogP contribution in [-0.4, -0.2) is 0 Å². The van der Waals surface area contributed by atoms with E-state index in [1.165, 1.54) is 11.1 Å². The third-order valence-corrected chi connectivity index (χ3v) is 2.02. The summed E-state index contributed by atoms with van der Waals surface area (Å²) < 4.78 is 0. The second kappa shape index (κ2) is 4.27. The van der Waals surface area contributed by atoms with E-state index in [2.05, 4.69) is 51.1 Å². The Labute approximate surface area is 81.3 Å². The van der Waals surface area contributed by atoms with Crippen molar-refractivity contribution in [3.8, 4) is 0 Å². The minimum Gasteiger partial charge on any atom is -0.0724 e. The SMILES string of the molecule is [CH2]C(C)=Cc1ccc(C(C)C)cc1. The fraction of sp³-hybridized carbons (Fsp3) is 0.308. The molecule has 69 valence electrons. The standard InChI is InChI=1S/C13H17/c1-10(2)9-12-5-7-13(8-6-12)11(3)4/h5-9,11H,1H2,2-4H3. The maximum atomic E-state index is 3.85. The molecule has 1 aromatic rings. The van der Waals surface area contributed by atoms with E-state index in [0.29, 0.717) is 5.92 Å². The molecular weight excluding hydrogens is 156 g/mol. The van der Waals surface area contributed by atoms with E-state index in [1.807, 2.05) is 6.92 Å². The third kappa shape index (κ3) is 3.06. The van der Waals surface area contributed by atoms with Crippen LogP contribution in [0.4, 0.5) is 0 Å². The zero-order valence-corrected chi connectivity index (χ0v) is 8.67. The molecule has 0 N–H and O–H groups in total. The molecule has 0 fully saturated rings. The molecule has 0 aliphatic carbocycles. The molecule has 0 aliphatic rings. The van der Waals surface area contributed by atoms with Crippen LogP contribution >= 0.6 is 0 Å². The van der Waals surface area contributed by atoms with Gasteiger partial charge < -0.3 is 0 Å². The van der Waals surface area contributed by atoms with Crippen molar-refractivity contribution in [2.24, 2.45) is 0 Å². The van der Waals surface area contributed by atoms with Gasteiger partial charge in [-0.1, -0.05) is 49.8 Å². The average Bonchev–Trinajstić information content (AvgIpc) is 2.04. The number of benzene rings is 1. The number of rotatable bonds is 2. The van der Waals surface area contributed by atoms with Gasteiger partial charge in [-0.05, 0) is 30.9 Å². The lowest BCUT2D eigenvalue weighted by Crippen LogP contribution is -1.86. The van der Waals surface area contributed by atoms with Gasteiger partial charge in [-0.3, -0.25) is 0 Å². The number of allylic oxidation sites excluding steroid dienone is 1. The highest BCUT2D eigenvalue weighted by Crippen LogP contribution is 2.15. The lowest BCUT2D eigenvalue weighted by Gasteiger charge is -2.04. The van der Waals surface area contributed by atoms with Crippen molar-refractivity contribution in [2.45, 2.75) is 26.7 Å². The molecule has 0 heterocycles. The number of hydrogen-bond donors (Lipinski definition) is 0. The van der Waals surface area contributed by atoms with Gasteiger partial charge in [0.05, 0.1) is 0 Å². The van der Waals surface area contributed by atoms with Crippen LogP contribution in [-0.2, 0) is 0 Å². The quantitative estimate of drug-likeness (QED) is 0.633. The fourth-order valence-corrected chi connectivity index (χ4v) is 1.26. The smallest absolute Gasteiger partial charge is 0.0219 e. The van der Waals surface area contributed by atoms with E-state index in [9.17, 15) is 0 Å². The molecule has 0 aromatic heterocycles. The molecule has 0 aliphatic heterocycles. The van der Waals surface area contributed by atoms with Crippen LogP contribution in [0.15, 0.2) is 29.8 Å². The summed E-state index contributed by atoms with van der Waals surface area (Å²) in [6.07, 6.45) is 2.09. The second-order valence-corrected chi connectivity index (χ2v) is 3.81. The van der Waals surface area contributed by atoms with E-state index in [4.69, 9.17) is 0 Å². The Kier molecular flexibility index (Phi) is 3.30. The van der Waals surface area contributed by atoms with Gasteiger partial charge in [0.1, 0.15) is 0 Å². The molecule has 1 radical (unpaired) electrons. The van der Waals surface area contributed by atoms with Gasteiger partial charge in [0.2, 0.25) is 0 Å². The highest BCUT2D eigenvalue weighted by molar-refractivity contribution is 5.53. The molecule has 0 atom stereocenters. The third-order valence-electron chi connectivity index (χ3n) is 2.02. The first kappa shape index (κ1) is 10.0. The van der Waals surface area contributed by atoms with Gasteiger partial charge in [-0.15, -0.1) is 0 Å². The molecule has 0 spiro atoms. The minimum absolute atomic E-state index is 0.610. The normalized spacial score (nSPS) is 12.2. The summed E-state index contributed by atoms with van der Waals surface area (Å²) in [6, 6.07) is 8.65. The molecule has 1 aromatic carbocycles. The summed E-state index contributed by atoms with van der Waals surface area (Å²) >= 11 is 0. The van der Waals surface area contributed by atoms with Crippen LogP contribution in [0.2, 0.25) is 0 Å². The van der Waals surface area contributed by atoms with Gasteiger partial charge in [0.15, 0.2) is 0 Å². The highest BCUT2D eigenvalue weighted by atomic mass is 14.0. The van der Waals surface area contributed by atoms with Crippen LogP contribution < -0.4 is 0 Å². The largest absolute Gasteiger partial charge is 0.0724 e. The van der Waals surface area contributed by atoms with E-state index in [1.54, 1.807) is 0 Å². The van der Waals surface area contributed by atoms with Crippen molar-refractivity contribution in [2.75, 3.05) is 0 Å². The van der Waals surface area contributed by atoms with Gasteiger partial charge in [-0.2, -0.15) is 0 Å². The Morgan fingerprint density at radius 3 is 2.15 bits per heavy atom. The van der Waals surface area contributed by atoms with Crippen LogP contribution in [0.5, 0.6) is 0 Å². The van der Waals surface area contributed by atoms with Crippen molar-refractivity contribution in [3.63, 3.8) is 0 Å². The van der Waals surface area contributed by atoms with E-state index in [0.717, 1.165) is 5.57 Å². The minimum atomic E-state index is 0.610. The molecule has 0 saturated heterocycles. The van der Waals surface area contributed by atoms with Crippen molar-refractivity contribution < 1.29 is 0 Å². The molecule has 0 nitrogen and oxygen atoms in total. The zero-order valence-electron chi connectivity index (χ0n) is 8.67. The molecule has 0 amide bonds. The van der Waals surface area contributed by atoms with E-state index < -0.39 is 0 Å². The summed E-state index contributed by atoms with van der Waals surface area (Å²) in [5.41, 5.74) is 3.72. The Bertz CT molecular complexity index is 284. The van der Waals surface area contributed by atoms with Gasteiger partial charge in [0, 0.05) is 0 Å². The summed E-state index contributed by atoms with van der Waals surface area (Å²) in [5.74, 6) is 0.610. The van der Waals surface area contributed by atoms with Gasteiger partial charge in [0.25, 0.3) is 0 Å². The van der Waals surface area contributed by atoms with Crippen molar-refractivity contribution >= 4 is 6.08 Å². The topological polar surface area (TPSA) is 0 Å². The predicted molar refractivity (Wildman–Crippen MR) is 59.5 cm³/mol. The zero-order chi connectivity index (χ0) is 9.84. The van der Waals surface area contributed by atoms with Gasteiger partial charge >= 0.3 is 0 Å². The summed E-state index contributed by atoms with van der Waals surface area (Å²) in [6.45, 7) is 10.3. The summed E-state index contributed by atoms with van der Waals surface area (Å²) in [4.78, 5) is 0. The monoisotopic (exact) mass is 173 g/mol. The first-order valence-corrected chi connectivity index (χ1v) is 4.70. The van der Waals surface area contributed by atoms with Crippen LogP contribution in [0.3, 0.4) is 0 Å². The first-order chi connectivity index (χ1) is 6.09. The van der Waals surface area contributed by atoms with Gasteiger partial charge in [-0.25, -0.2) is 0 Å². The molecule has 0 unspecified atom stereocenters. The molecule has 0 heteroatoms. The second-order valence-electron chi connectivity index (χ2n) is 3.81. The fourth-order valence-electron chi connectivity index (χ4n) is 1.26. The molecule has 13 heavy (non-hydrogen) atoms. The number of hydrogen-bond acceptors (Lipinski definition) is 0. The van der Waals surface area contributed by atoms with Crippen molar-refractivity contribution in [1.82, 2.24) is 0 Å². The Morgan fingerprint density at radius 1 is 1.23 bits per heavy atom. The Hall–Kier alpha value is -1.04. The molecule has 1 rings (SSSR count).